The number of amides is 1. The van der Waals surface area contributed by atoms with E-state index in [1.807, 2.05) is 6.07 Å². The van der Waals surface area contributed by atoms with Gasteiger partial charge in [-0.3, -0.25) is 4.79 Å². The molecule has 1 aliphatic heterocycles. The Balaban J connectivity index is 1.94. The summed E-state index contributed by atoms with van der Waals surface area (Å²) in [6.07, 6.45) is 4.45. The van der Waals surface area contributed by atoms with Gasteiger partial charge in [-0.1, -0.05) is 11.6 Å². The van der Waals surface area contributed by atoms with Crippen molar-refractivity contribution in [1.82, 2.24) is 5.32 Å². The van der Waals surface area contributed by atoms with Gasteiger partial charge in [0.25, 0.3) is 0 Å². The lowest BCUT2D eigenvalue weighted by atomic mass is 9.91. The lowest BCUT2D eigenvalue weighted by Gasteiger charge is -2.35. The van der Waals surface area contributed by atoms with Crippen LogP contribution in [0.5, 0.6) is 0 Å². The summed E-state index contributed by atoms with van der Waals surface area (Å²) in [5, 5.41) is 12.3. The Morgan fingerprint density at radius 1 is 1.53 bits per heavy atom. The van der Waals surface area contributed by atoms with Crippen molar-refractivity contribution in [2.45, 2.75) is 18.4 Å². The first-order valence-corrected chi connectivity index (χ1v) is 7.27. The third kappa shape index (κ3) is 4.04. The molecule has 0 saturated carbocycles. The molecule has 19 heavy (non-hydrogen) atoms. The minimum atomic E-state index is -0.549. The van der Waals surface area contributed by atoms with E-state index in [0.717, 1.165) is 4.88 Å². The number of aliphatic hydroxyl groups excluding tert-OH is 1. The minimum Gasteiger partial charge on any atom is -0.394 e. The molecular weight excluding hydrogens is 286 g/mol. The molecule has 0 radical (unpaired) electrons. The third-order valence-electron chi connectivity index (χ3n) is 3.13. The number of rotatable bonds is 4. The van der Waals surface area contributed by atoms with Gasteiger partial charge in [-0.2, -0.15) is 0 Å². The van der Waals surface area contributed by atoms with E-state index in [2.05, 4.69) is 5.32 Å². The Hall–Kier alpha value is -0.880. The Labute approximate surface area is 121 Å². The summed E-state index contributed by atoms with van der Waals surface area (Å²) in [6, 6.07) is 3.64. The lowest BCUT2D eigenvalue weighted by molar-refractivity contribution is -0.120. The van der Waals surface area contributed by atoms with Crippen molar-refractivity contribution in [2.75, 3.05) is 19.8 Å². The quantitative estimate of drug-likeness (QED) is 0.837. The summed E-state index contributed by atoms with van der Waals surface area (Å²) in [5.74, 6) is -0.208. The van der Waals surface area contributed by atoms with E-state index in [-0.39, 0.29) is 12.5 Å². The molecule has 0 atom stereocenters. The van der Waals surface area contributed by atoms with Crippen LogP contribution in [0.2, 0.25) is 4.34 Å². The van der Waals surface area contributed by atoms with E-state index in [9.17, 15) is 9.90 Å². The summed E-state index contributed by atoms with van der Waals surface area (Å²) in [7, 11) is 0. The number of thiophene rings is 1. The van der Waals surface area contributed by atoms with Crippen LogP contribution in [0.1, 0.15) is 17.7 Å². The second kappa shape index (κ2) is 6.52. The lowest BCUT2D eigenvalue weighted by Crippen LogP contribution is -2.54. The van der Waals surface area contributed by atoms with Crippen LogP contribution in [0, 0.1) is 0 Å². The molecule has 0 unspecified atom stereocenters. The number of hydrogen-bond acceptors (Lipinski definition) is 4. The molecule has 1 aromatic heterocycles. The first-order chi connectivity index (χ1) is 9.13. The van der Waals surface area contributed by atoms with Crippen molar-refractivity contribution in [1.29, 1.82) is 0 Å². The van der Waals surface area contributed by atoms with Crippen LogP contribution >= 0.6 is 22.9 Å². The number of halogens is 1. The van der Waals surface area contributed by atoms with Crippen molar-refractivity contribution in [2.24, 2.45) is 0 Å². The maximum Gasteiger partial charge on any atom is 0.244 e. The first kappa shape index (κ1) is 14.5. The second-order valence-corrected chi connectivity index (χ2v) is 6.26. The molecule has 104 valence electrons. The van der Waals surface area contributed by atoms with E-state index in [1.165, 1.54) is 17.4 Å². The van der Waals surface area contributed by atoms with Crippen molar-refractivity contribution in [3.05, 3.63) is 27.4 Å². The van der Waals surface area contributed by atoms with Crippen molar-refractivity contribution in [3.8, 4) is 0 Å². The molecule has 1 aromatic rings. The van der Waals surface area contributed by atoms with Crippen LogP contribution in [-0.4, -0.2) is 36.4 Å². The summed E-state index contributed by atoms with van der Waals surface area (Å²) < 4.78 is 5.94. The molecule has 1 saturated heterocycles. The molecule has 1 aliphatic rings. The normalized spacial score (nSPS) is 18.6. The van der Waals surface area contributed by atoms with Gasteiger partial charge >= 0.3 is 0 Å². The maximum absolute atomic E-state index is 11.9. The fourth-order valence-electron chi connectivity index (χ4n) is 1.96. The number of aliphatic hydroxyl groups is 1. The van der Waals surface area contributed by atoms with Gasteiger partial charge in [-0.05, 0) is 31.1 Å². The van der Waals surface area contributed by atoms with E-state index in [1.54, 1.807) is 12.1 Å². The van der Waals surface area contributed by atoms with Crippen LogP contribution in [0.3, 0.4) is 0 Å². The van der Waals surface area contributed by atoms with Gasteiger partial charge in [-0.25, -0.2) is 0 Å². The predicted octanol–water partition coefficient (Wildman–Crippen LogP) is 2.07. The second-order valence-electron chi connectivity index (χ2n) is 4.52. The number of hydrogen-bond donors (Lipinski definition) is 2. The number of carbonyl (C=O) groups is 1. The van der Waals surface area contributed by atoms with E-state index in [0.29, 0.717) is 30.4 Å². The Morgan fingerprint density at radius 2 is 2.26 bits per heavy atom. The van der Waals surface area contributed by atoms with E-state index < -0.39 is 5.54 Å². The largest absolute Gasteiger partial charge is 0.394 e. The number of ether oxygens (including phenoxy) is 1. The van der Waals surface area contributed by atoms with Crippen LogP contribution in [0.15, 0.2) is 18.2 Å². The third-order valence-corrected chi connectivity index (χ3v) is 4.33. The molecule has 0 aromatic carbocycles. The molecule has 4 nitrogen and oxygen atoms in total. The molecular formula is C13H16ClNO3S. The van der Waals surface area contributed by atoms with Gasteiger partial charge in [0, 0.05) is 24.2 Å². The molecule has 0 bridgehead atoms. The van der Waals surface area contributed by atoms with Crippen LogP contribution < -0.4 is 5.32 Å². The minimum absolute atomic E-state index is 0.0687. The van der Waals surface area contributed by atoms with Gasteiger partial charge in [0.2, 0.25) is 5.91 Å². The molecule has 0 aliphatic carbocycles. The molecule has 1 fully saturated rings. The zero-order valence-corrected chi connectivity index (χ0v) is 12.0. The number of carbonyl (C=O) groups excluding carboxylic acids is 1. The summed E-state index contributed by atoms with van der Waals surface area (Å²) in [6.45, 7) is 1.05. The topological polar surface area (TPSA) is 58.6 Å². The average Bonchev–Trinajstić information content (AvgIpc) is 2.83. The first-order valence-electron chi connectivity index (χ1n) is 6.08. The monoisotopic (exact) mass is 301 g/mol. The molecule has 2 N–H and O–H groups in total. The molecule has 0 spiro atoms. The smallest absolute Gasteiger partial charge is 0.244 e. The number of nitrogens with one attached hydrogen (secondary N) is 1. The van der Waals surface area contributed by atoms with Crippen molar-refractivity contribution >= 4 is 34.9 Å². The highest BCUT2D eigenvalue weighted by Gasteiger charge is 2.32. The highest BCUT2D eigenvalue weighted by atomic mass is 35.5. The fourth-order valence-corrected chi connectivity index (χ4v) is 2.93. The zero-order valence-electron chi connectivity index (χ0n) is 10.4. The zero-order chi connectivity index (χ0) is 13.7. The van der Waals surface area contributed by atoms with Gasteiger partial charge in [-0.15, -0.1) is 11.3 Å². The van der Waals surface area contributed by atoms with E-state index in [4.69, 9.17) is 16.3 Å². The van der Waals surface area contributed by atoms with E-state index >= 15 is 0 Å². The van der Waals surface area contributed by atoms with Gasteiger partial charge in [0.05, 0.1) is 16.5 Å². The average molecular weight is 302 g/mol. The predicted molar refractivity (Wildman–Crippen MR) is 76.4 cm³/mol. The Morgan fingerprint density at radius 3 is 2.84 bits per heavy atom. The fraction of sp³-hybridized carbons (Fsp3) is 0.462. The summed E-state index contributed by atoms with van der Waals surface area (Å²) >= 11 is 7.22. The summed E-state index contributed by atoms with van der Waals surface area (Å²) in [5.41, 5.74) is -0.549. The SMILES string of the molecule is O=C(/C=C/c1ccc(Cl)s1)NC1(CO)CCOCC1. The van der Waals surface area contributed by atoms with Crippen molar-refractivity contribution < 1.29 is 14.6 Å². The standard InChI is InChI=1S/C13H16ClNO3S/c14-11-3-1-10(19-11)2-4-12(17)15-13(9-16)5-7-18-8-6-13/h1-4,16H,5-9H2,(H,15,17)/b4-2+. The summed E-state index contributed by atoms with van der Waals surface area (Å²) in [4.78, 5) is 12.8. The van der Waals surface area contributed by atoms with Crippen LogP contribution in [0.4, 0.5) is 0 Å². The van der Waals surface area contributed by atoms with Gasteiger partial charge in [0.15, 0.2) is 0 Å². The highest BCUT2D eigenvalue weighted by molar-refractivity contribution is 7.17. The van der Waals surface area contributed by atoms with Crippen LogP contribution in [0.25, 0.3) is 6.08 Å². The molecule has 6 heteroatoms. The molecule has 2 rings (SSSR count). The van der Waals surface area contributed by atoms with Crippen molar-refractivity contribution in [3.63, 3.8) is 0 Å². The highest BCUT2D eigenvalue weighted by Crippen LogP contribution is 2.23. The molecule has 1 amide bonds. The maximum atomic E-state index is 11.9. The van der Waals surface area contributed by atoms with Gasteiger partial charge < -0.3 is 15.2 Å². The molecule has 2 heterocycles. The van der Waals surface area contributed by atoms with Gasteiger partial charge in [0.1, 0.15) is 0 Å². The Bertz CT molecular complexity index is 466. The van der Waals surface area contributed by atoms with Crippen LogP contribution in [-0.2, 0) is 9.53 Å². The Kier molecular flexibility index (Phi) is 4.99.